The van der Waals surface area contributed by atoms with Gasteiger partial charge in [-0.25, -0.2) is 4.98 Å². The number of benzene rings is 1. The zero-order valence-electron chi connectivity index (χ0n) is 12.4. The van der Waals surface area contributed by atoms with Crippen molar-refractivity contribution in [3.05, 3.63) is 39.6 Å². The van der Waals surface area contributed by atoms with Crippen LogP contribution in [0.2, 0.25) is 5.02 Å². The molecule has 0 aliphatic carbocycles. The van der Waals surface area contributed by atoms with Gasteiger partial charge in [-0.15, -0.1) is 11.3 Å². The summed E-state index contributed by atoms with van der Waals surface area (Å²) in [5.74, 6) is 0. The second-order valence-corrected chi connectivity index (χ2v) is 6.49. The molecule has 0 amide bonds. The Bertz CT molecular complexity index is 805. The lowest BCUT2D eigenvalue weighted by atomic mass is 10.1. The maximum Gasteiger partial charge on any atom is 0.106 e. The van der Waals surface area contributed by atoms with Crippen molar-refractivity contribution in [3.63, 3.8) is 0 Å². The SMILES string of the molecule is Cc1nn(C)c(C)c1C(C)Nc1c(Cl)ccc2scnc12. The molecular formula is C15H17ClN4S. The molecule has 3 aromatic rings. The van der Waals surface area contributed by atoms with E-state index in [1.807, 2.05) is 36.3 Å². The molecule has 1 aromatic carbocycles. The third kappa shape index (κ3) is 2.40. The number of thiazole rings is 1. The number of nitrogens with zero attached hydrogens (tertiary/aromatic N) is 3. The first-order valence-electron chi connectivity index (χ1n) is 6.77. The molecule has 6 heteroatoms. The molecule has 0 saturated heterocycles. The van der Waals surface area contributed by atoms with E-state index in [1.54, 1.807) is 11.3 Å². The molecule has 2 aromatic heterocycles. The average molecular weight is 321 g/mol. The van der Waals surface area contributed by atoms with Gasteiger partial charge in [0.05, 0.1) is 32.7 Å². The van der Waals surface area contributed by atoms with Gasteiger partial charge in [-0.2, -0.15) is 5.10 Å². The Morgan fingerprint density at radius 1 is 1.33 bits per heavy atom. The van der Waals surface area contributed by atoms with E-state index in [9.17, 15) is 0 Å². The molecule has 21 heavy (non-hydrogen) atoms. The van der Waals surface area contributed by atoms with Crippen LogP contribution in [0.15, 0.2) is 17.6 Å². The number of anilines is 1. The van der Waals surface area contributed by atoms with E-state index in [0.717, 1.165) is 27.3 Å². The molecule has 110 valence electrons. The summed E-state index contributed by atoms with van der Waals surface area (Å²) >= 11 is 7.98. The number of fused-ring (bicyclic) bond motifs is 1. The average Bonchev–Trinajstić information content (AvgIpc) is 2.99. The van der Waals surface area contributed by atoms with E-state index < -0.39 is 0 Å². The molecule has 0 saturated carbocycles. The molecule has 0 spiro atoms. The van der Waals surface area contributed by atoms with Crippen molar-refractivity contribution in [1.82, 2.24) is 14.8 Å². The van der Waals surface area contributed by atoms with Crippen LogP contribution in [0.4, 0.5) is 5.69 Å². The Balaban J connectivity index is 2.02. The Morgan fingerprint density at radius 3 is 2.76 bits per heavy atom. The third-order valence-electron chi connectivity index (χ3n) is 3.81. The summed E-state index contributed by atoms with van der Waals surface area (Å²) in [4.78, 5) is 4.43. The van der Waals surface area contributed by atoms with E-state index in [-0.39, 0.29) is 6.04 Å². The maximum absolute atomic E-state index is 6.36. The Labute approximate surface area is 132 Å². The molecule has 1 N–H and O–H groups in total. The first-order valence-corrected chi connectivity index (χ1v) is 8.03. The molecule has 1 unspecified atom stereocenters. The molecule has 0 bridgehead atoms. The zero-order chi connectivity index (χ0) is 15.1. The molecule has 0 aliphatic rings. The highest BCUT2D eigenvalue weighted by atomic mass is 35.5. The summed E-state index contributed by atoms with van der Waals surface area (Å²) in [6.07, 6.45) is 0. The maximum atomic E-state index is 6.36. The Kier molecular flexibility index (Phi) is 3.63. The largest absolute Gasteiger partial charge is 0.375 e. The minimum Gasteiger partial charge on any atom is -0.375 e. The number of hydrogen-bond donors (Lipinski definition) is 1. The van der Waals surface area contributed by atoms with E-state index in [4.69, 9.17) is 11.6 Å². The number of aryl methyl sites for hydroxylation is 2. The lowest BCUT2D eigenvalue weighted by Crippen LogP contribution is -2.09. The standard InChI is InChI=1S/C15H17ClN4S/c1-8(13-9(2)19-20(4)10(13)3)18-14-11(16)5-6-12-15(14)17-7-21-12/h5-8,18H,1-4H3. The van der Waals surface area contributed by atoms with Gasteiger partial charge in [0.1, 0.15) is 5.52 Å². The predicted molar refractivity (Wildman–Crippen MR) is 89.3 cm³/mol. The summed E-state index contributed by atoms with van der Waals surface area (Å²) in [5.41, 5.74) is 7.08. The first-order chi connectivity index (χ1) is 9.99. The lowest BCUT2D eigenvalue weighted by Gasteiger charge is -2.17. The zero-order valence-corrected chi connectivity index (χ0v) is 14.0. The van der Waals surface area contributed by atoms with Gasteiger partial charge in [-0.3, -0.25) is 4.68 Å². The van der Waals surface area contributed by atoms with Crippen molar-refractivity contribution < 1.29 is 0 Å². The summed E-state index contributed by atoms with van der Waals surface area (Å²) in [6.45, 7) is 6.24. The molecule has 0 radical (unpaired) electrons. The number of aromatic nitrogens is 3. The summed E-state index contributed by atoms with van der Waals surface area (Å²) < 4.78 is 3.04. The van der Waals surface area contributed by atoms with Crippen molar-refractivity contribution in [2.24, 2.45) is 7.05 Å². The summed E-state index contributed by atoms with van der Waals surface area (Å²) in [6, 6.07) is 4.04. The van der Waals surface area contributed by atoms with Gasteiger partial charge < -0.3 is 5.32 Å². The quantitative estimate of drug-likeness (QED) is 0.774. The van der Waals surface area contributed by atoms with Crippen LogP contribution >= 0.6 is 22.9 Å². The molecule has 2 heterocycles. The van der Waals surface area contributed by atoms with Gasteiger partial charge in [-0.05, 0) is 32.9 Å². The minimum atomic E-state index is 0.114. The van der Waals surface area contributed by atoms with E-state index in [2.05, 4.69) is 29.2 Å². The topological polar surface area (TPSA) is 42.7 Å². The number of rotatable bonds is 3. The van der Waals surface area contributed by atoms with Gasteiger partial charge in [0.2, 0.25) is 0 Å². The summed E-state index contributed by atoms with van der Waals surface area (Å²) in [5, 5.41) is 8.68. The highest BCUT2D eigenvalue weighted by molar-refractivity contribution is 7.16. The monoisotopic (exact) mass is 320 g/mol. The van der Waals surface area contributed by atoms with Gasteiger partial charge in [-0.1, -0.05) is 11.6 Å². The second-order valence-electron chi connectivity index (χ2n) is 5.20. The van der Waals surface area contributed by atoms with Crippen LogP contribution < -0.4 is 5.32 Å². The molecule has 3 rings (SSSR count). The highest BCUT2D eigenvalue weighted by Gasteiger charge is 2.18. The van der Waals surface area contributed by atoms with Crippen LogP contribution in [0.25, 0.3) is 10.2 Å². The minimum absolute atomic E-state index is 0.114. The van der Waals surface area contributed by atoms with Crippen molar-refractivity contribution in [1.29, 1.82) is 0 Å². The van der Waals surface area contributed by atoms with Gasteiger partial charge >= 0.3 is 0 Å². The van der Waals surface area contributed by atoms with Crippen LogP contribution in [0.5, 0.6) is 0 Å². The molecule has 0 fully saturated rings. The molecular weight excluding hydrogens is 304 g/mol. The third-order valence-corrected chi connectivity index (χ3v) is 4.92. The van der Waals surface area contributed by atoms with Crippen LogP contribution in [-0.2, 0) is 7.05 Å². The second kappa shape index (κ2) is 5.31. The predicted octanol–water partition coefficient (Wildman–Crippen LogP) is 4.47. The van der Waals surface area contributed by atoms with Crippen LogP contribution in [-0.4, -0.2) is 14.8 Å². The number of nitrogens with one attached hydrogen (secondary N) is 1. The van der Waals surface area contributed by atoms with Gasteiger partial charge in [0.15, 0.2) is 0 Å². The van der Waals surface area contributed by atoms with Crippen LogP contribution in [0.1, 0.15) is 29.9 Å². The molecule has 1 atom stereocenters. The van der Waals surface area contributed by atoms with E-state index in [1.165, 1.54) is 5.56 Å². The Morgan fingerprint density at radius 2 is 2.10 bits per heavy atom. The van der Waals surface area contributed by atoms with Gasteiger partial charge in [0, 0.05) is 18.3 Å². The van der Waals surface area contributed by atoms with E-state index in [0.29, 0.717) is 5.02 Å². The van der Waals surface area contributed by atoms with Crippen molar-refractivity contribution in [2.45, 2.75) is 26.8 Å². The fourth-order valence-electron chi connectivity index (χ4n) is 2.75. The lowest BCUT2D eigenvalue weighted by molar-refractivity contribution is 0.728. The molecule has 4 nitrogen and oxygen atoms in total. The Hall–Kier alpha value is -1.59. The number of halogens is 1. The van der Waals surface area contributed by atoms with Crippen molar-refractivity contribution in [3.8, 4) is 0 Å². The molecule has 0 aliphatic heterocycles. The van der Waals surface area contributed by atoms with Crippen LogP contribution in [0, 0.1) is 13.8 Å². The van der Waals surface area contributed by atoms with Crippen LogP contribution in [0.3, 0.4) is 0 Å². The fourth-order valence-corrected chi connectivity index (χ4v) is 3.64. The van der Waals surface area contributed by atoms with E-state index >= 15 is 0 Å². The first kappa shape index (κ1) is 14.4. The summed E-state index contributed by atoms with van der Waals surface area (Å²) in [7, 11) is 1.96. The van der Waals surface area contributed by atoms with Gasteiger partial charge in [0.25, 0.3) is 0 Å². The van der Waals surface area contributed by atoms with Crippen molar-refractivity contribution >= 4 is 38.8 Å². The number of hydrogen-bond acceptors (Lipinski definition) is 4. The highest BCUT2D eigenvalue weighted by Crippen LogP contribution is 2.35. The smallest absolute Gasteiger partial charge is 0.106 e. The van der Waals surface area contributed by atoms with Crippen molar-refractivity contribution in [2.75, 3.05) is 5.32 Å². The fraction of sp³-hybridized carbons (Fsp3) is 0.333. The normalized spacial score (nSPS) is 12.8.